The lowest BCUT2D eigenvalue weighted by atomic mass is 10.0. The highest BCUT2D eigenvalue weighted by Gasteiger charge is 2.42. The molecule has 0 spiro atoms. The second-order valence-corrected chi connectivity index (χ2v) is 8.16. The fraction of sp³-hybridized carbons (Fsp3) is 0.348. The molecule has 1 aliphatic heterocycles. The Bertz CT molecular complexity index is 1120. The molecule has 2 N–H and O–H groups in total. The molecule has 0 amide bonds. The number of anilines is 2. The minimum Gasteiger partial charge on any atom is -0.342 e. The lowest BCUT2D eigenvalue weighted by Crippen LogP contribution is -2.56. The Hall–Kier alpha value is -3.55. The number of amidine groups is 1. The summed E-state index contributed by atoms with van der Waals surface area (Å²) in [6.45, 7) is 4.32. The van der Waals surface area contributed by atoms with Gasteiger partial charge in [-0.15, -0.1) is 0 Å². The molecule has 3 heterocycles. The lowest BCUT2D eigenvalue weighted by Gasteiger charge is -2.45. The highest BCUT2D eigenvalue weighted by molar-refractivity contribution is 6.16. The summed E-state index contributed by atoms with van der Waals surface area (Å²) in [5.41, 5.74) is 1.67. The second-order valence-electron chi connectivity index (χ2n) is 8.16. The molecule has 31 heavy (non-hydrogen) atoms. The van der Waals surface area contributed by atoms with E-state index in [4.69, 9.17) is 15.8 Å². The summed E-state index contributed by atoms with van der Waals surface area (Å²) in [6.07, 6.45) is 9.74. The van der Waals surface area contributed by atoms with Crippen LogP contribution in [0.25, 0.3) is 17.3 Å². The average Bonchev–Trinajstić information content (AvgIpc) is 3.54. The van der Waals surface area contributed by atoms with Gasteiger partial charge in [0.2, 0.25) is 5.95 Å². The van der Waals surface area contributed by atoms with Gasteiger partial charge in [-0.25, -0.2) is 9.97 Å². The average molecular weight is 415 g/mol. The molecule has 1 saturated carbocycles. The van der Waals surface area contributed by atoms with Crippen LogP contribution in [-0.2, 0) is 0 Å². The molecule has 0 bridgehead atoms. The molecule has 0 radical (unpaired) electrons. The Morgan fingerprint density at radius 3 is 2.65 bits per heavy atom. The Labute approximate surface area is 181 Å². The van der Waals surface area contributed by atoms with Gasteiger partial charge in [-0.2, -0.15) is 4.98 Å². The molecule has 2 unspecified atom stereocenters. The number of benzene rings is 1. The highest BCUT2D eigenvalue weighted by atomic mass is 15.4. The van der Waals surface area contributed by atoms with Crippen LogP contribution in [0.5, 0.6) is 0 Å². The summed E-state index contributed by atoms with van der Waals surface area (Å²) in [5.74, 6) is 3.12. The van der Waals surface area contributed by atoms with Gasteiger partial charge >= 0.3 is 0 Å². The zero-order valence-corrected chi connectivity index (χ0v) is 17.7. The topological polar surface area (TPSA) is 97.8 Å². The largest absolute Gasteiger partial charge is 0.342 e. The number of rotatable bonds is 6. The van der Waals surface area contributed by atoms with Crippen molar-refractivity contribution in [1.29, 1.82) is 10.8 Å². The first-order valence-electron chi connectivity index (χ1n) is 10.8. The zero-order chi connectivity index (χ0) is 21.5. The predicted octanol–water partition coefficient (Wildman–Crippen LogP) is 4.12. The maximum atomic E-state index is 8.72. The van der Waals surface area contributed by atoms with Gasteiger partial charge in [-0.3, -0.25) is 20.3 Å². The lowest BCUT2D eigenvalue weighted by molar-refractivity contribution is 0.523. The number of nitrogens with one attached hydrogen (secondary N) is 2. The molecule has 1 fully saturated rings. The third kappa shape index (κ3) is 3.19. The molecule has 3 aromatic rings. The van der Waals surface area contributed by atoms with Gasteiger partial charge in [0.15, 0.2) is 5.82 Å². The van der Waals surface area contributed by atoms with E-state index < -0.39 is 0 Å². The number of aromatic nitrogens is 4. The quantitative estimate of drug-likeness (QED) is 0.467. The fourth-order valence-electron chi connectivity index (χ4n) is 4.48. The molecule has 0 saturated heterocycles. The van der Waals surface area contributed by atoms with E-state index in [0.29, 0.717) is 23.4 Å². The van der Waals surface area contributed by atoms with Crippen LogP contribution in [0.1, 0.15) is 33.1 Å². The smallest absolute Gasteiger partial charge is 0.237 e. The van der Waals surface area contributed by atoms with Crippen molar-refractivity contribution in [3.8, 4) is 17.3 Å². The highest BCUT2D eigenvalue weighted by Crippen LogP contribution is 2.43. The van der Waals surface area contributed by atoms with E-state index in [0.717, 1.165) is 23.6 Å². The van der Waals surface area contributed by atoms with Crippen LogP contribution >= 0.6 is 0 Å². The SMILES string of the molecule is CCC1C(=N)N(C=N)c2cnc(-n3ccnc3-c3ccccc3)nc2N1C(C)C1CC1. The van der Waals surface area contributed by atoms with Crippen LogP contribution in [0.4, 0.5) is 11.5 Å². The standard InChI is InChI=1S/C23H26N8/c1-3-18-20(25)30(14-24)19-13-27-23(28-22(19)31(18)15(2)16-9-10-16)29-12-11-26-21(29)17-7-5-4-6-8-17/h4-8,11-16,18,24-25H,3,9-10H2,1-2H3. The maximum absolute atomic E-state index is 8.72. The van der Waals surface area contributed by atoms with Crippen molar-refractivity contribution in [2.45, 2.75) is 45.2 Å². The normalized spacial score (nSPS) is 19.3. The maximum Gasteiger partial charge on any atom is 0.237 e. The van der Waals surface area contributed by atoms with E-state index in [2.05, 4.69) is 28.7 Å². The van der Waals surface area contributed by atoms with Gasteiger partial charge in [0.25, 0.3) is 0 Å². The van der Waals surface area contributed by atoms with Crippen LogP contribution < -0.4 is 9.80 Å². The Balaban J connectivity index is 1.65. The van der Waals surface area contributed by atoms with Crippen LogP contribution in [0.3, 0.4) is 0 Å². The fourth-order valence-corrected chi connectivity index (χ4v) is 4.48. The third-order valence-corrected chi connectivity index (χ3v) is 6.30. The summed E-state index contributed by atoms with van der Waals surface area (Å²) in [5, 5.41) is 16.6. The summed E-state index contributed by atoms with van der Waals surface area (Å²) < 4.78 is 1.89. The van der Waals surface area contributed by atoms with Gasteiger partial charge in [0, 0.05) is 24.0 Å². The Morgan fingerprint density at radius 1 is 1.19 bits per heavy atom. The summed E-state index contributed by atoms with van der Waals surface area (Å²) >= 11 is 0. The molecule has 2 aliphatic rings. The van der Waals surface area contributed by atoms with Crippen LogP contribution in [0, 0.1) is 16.7 Å². The Kier molecular flexibility index (Phi) is 4.77. The first kappa shape index (κ1) is 19.4. The van der Waals surface area contributed by atoms with E-state index in [9.17, 15) is 0 Å². The van der Waals surface area contributed by atoms with Crippen molar-refractivity contribution < 1.29 is 0 Å². The van der Waals surface area contributed by atoms with Crippen molar-refractivity contribution >= 4 is 23.7 Å². The van der Waals surface area contributed by atoms with Gasteiger partial charge < -0.3 is 4.90 Å². The van der Waals surface area contributed by atoms with Gasteiger partial charge in [0.1, 0.15) is 17.3 Å². The number of hydrogen-bond donors (Lipinski definition) is 2. The van der Waals surface area contributed by atoms with E-state index in [1.807, 2.05) is 41.1 Å². The van der Waals surface area contributed by atoms with Gasteiger partial charge in [-0.1, -0.05) is 37.3 Å². The predicted molar refractivity (Wildman–Crippen MR) is 122 cm³/mol. The number of hydrogen-bond acceptors (Lipinski definition) is 6. The van der Waals surface area contributed by atoms with E-state index in [-0.39, 0.29) is 12.1 Å². The number of fused-ring (bicyclic) bond motifs is 1. The van der Waals surface area contributed by atoms with Crippen LogP contribution in [-0.4, -0.2) is 43.8 Å². The van der Waals surface area contributed by atoms with Crippen molar-refractivity contribution in [3.05, 3.63) is 48.9 Å². The Morgan fingerprint density at radius 2 is 1.97 bits per heavy atom. The molecular weight excluding hydrogens is 388 g/mol. The molecule has 1 aromatic carbocycles. The number of nitrogens with zero attached hydrogens (tertiary/aromatic N) is 6. The minimum absolute atomic E-state index is 0.121. The van der Waals surface area contributed by atoms with Crippen molar-refractivity contribution in [2.24, 2.45) is 5.92 Å². The minimum atomic E-state index is -0.121. The van der Waals surface area contributed by atoms with Gasteiger partial charge in [0.05, 0.1) is 18.6 Å². The van der Waals surface area contributed by atoms with E-state index in [1.54, 1.807) is 17.3 Å². The molecule has 5 rings (SSSR count). The first-order valence-corrected chi connectivity index (χ1v) is 10.8. The summed E-state index contributed by atoms with van der Waals surface area (Å²) in [7, 11) is 0. The van der Waals surface area contributed by atoms with Gasteiger partial charge in [-0.05, 0) is 32.1 Å². The molecule has 1 aliphatic carbocycles. The first-order chi connectivity index (χ1) is 15.1. The van der Waals surface area contributed by atoms with Crippen molar-refractivity contribution in [2.75, 3.05) is 9.80 Å². The zero-order valence-electron chi connectivity index (χ0n) is 17.7. The molecule has 2 aromatic heterocycles. The number of imidazole rings is 1. The monoisotopic (exact) mass is 414 g/mol. The van der Waals surface area contributed by atoms with Crippen molar-refractivity contribution in [3.63, 3.8) is 0 Å². The molecule has 8 nitrogen and oxygen atoms in total. The molecule has 2 atom stereocenters. The summed E-state index contributed by atoms with van der Waals surface area (Å²) in [4.78, 5) is 18.0. The van der Waals surface area contributed by atoms with Crippen molar-refractivity contribution in [1.82, 2.24) is 19.5 Å². The third-order valence-electron chi connectivity index (χ3n) is 6.30. The van der Waals surface area contributed by atoms with E-state index >= 15 is 0 Å². The molecule has 8 heteroatoms. The molecule has 158 valence electrons. The second kappa shape index (κ2) is 7.61. The van der Waals surface area contributed by atoms with Crippen LogP contribution in [0.15, 0.2) is 48.9 Å². The summed E-state index contributed by atoms with van der Waals surface area (Å²) in [6, 6.07) is 10.1. The molecular formula is C23H26N8. The van der Waals surface area contributed by atoms with E-state index in [1.165, 1.54) is 19.2 Å². The van der Waals surface area contributed by atoms with Crippen LogP contribution in [0.2, 0.25) is 0 Å².